The molecule has 24 heavy (non-hydrogen) atoms. The van der Waals surface area contributed by atoms with Crippen molar-refractivity contribution in [1.82, 2.24) is 19.5 Å². The number of anilines is 2. The monoisotopic (exact) mass is 335 g/mol. The van der Waals surface area contributed by atoms with Crippen molar-refractivity contribution >= 4 is 22.9 Å². The zero-order valence-electron chi connectivity index (χ0n) is 13.3. The van der Waals surface area contributed by atoms with Crippen LogP contribution in [0.1, 0.15) is 19.6 Å². The van der Waals surface area contributed by atoms with Gasteiger partial charge in [-0.15, -0.1) is 0 Å². The molecule has 2 aromatic rings. The summed E-state index contributed by atoms with van der Waals surface area (Å²) in [5.74, 6) is 0.834. The van der Waals surface area contributed by atoms with Gasteiger partial charge in [0.1, 0.15) is 12.2 Å². The molecular weight excluding hydrogens is 314 g/mol. The fourth-order valence-electron chi connectivity index (χ4n) is 3.28. The summed E-state index contributed by atoms with van der Waals surface area (Å²) in [7, 11) is 0. The summed E-state index contributed by atoms with van der Waals surface area (Å²) < 4.78 is 7.40. The van der Waals surface area contributed by atoms with E-state index in [-0.39, 0.29) is 12.6 Å². The minimum atomic E-state index is -1.11. The lowest BCUT2D eigenvalue weighted by atomic mass is 9.93. The summed E-state index contributed by atoms with van der Waals surface area (Å²) in [5, 5.41) is 19.7. The summed E-state index contributed by atoms with van der Waals surface area (Å²) in [6.45, 7) is 3.15. The van der Waals surface area contributed by atoms with Gasteiger partial charge >= 0.3 is 0 Å². The maximum absolute atomic E-state index is 10.3. The first-order chi connectivity index (χ1) is 11.4. The molecule has 0 aromatic carbocycles. The standard InChI is InChI=1S/C14H21N7O3/c1-14(16)9(23)7(5-22)24-12(14)21-6-17-8-10(20-3-2-4-20)18-13(15)19-11(8)21/h6-7,9,12,22-23H,2-5,16H2,1H3,(H2,15,18,19)/t7-,9?,12-,14-/m1/s1. The predicted octanol–water partition coefficient (Wildman–Crippen LogP) is -1.41. The van der Waals surface area contributed by atoms with Crippen molar-refractivity contribution in [2.24, 2.45) is 5.73 Å². The lowest BCUT2D eigenvalue weighted by Crippen LogP contribution is -2.52. The molecule has 10 nitrogen and oxygen atoms in total. The maximum atomic E-state index is 10.3. The van der Waals surface area contributed by atoms with Gasteiger partial charge in [-0.1, -0.05) is 0 Å². The van der Waals surface area contributed by atoms with E-state index >= 15 is 0 Å². The van der Waals surface area contributed by atoms with Crippen molar-refractivity contribution < 1.29 is 14.9 Å². The first-order valence-electron chi connectivity index (χ1n) is 7.91. The number of ether oxygens (including phenoxy) is 1. The number of hydrogen-bond donors (Lipinski definition) is 4. The quantitative estimate of drug-likeness (QED) is 0.530. The molecular formula is C14H21N7O3. The molecule has 2 aromatic heterocycles. The Morgan fingerprint density at radius 2 is 2.17 bits per heavy atom. The molecule has 0 aliphatic carbocycles. The van der Waals surface area contributed by atoms with E-state index in [0.29, 0.717) is 17.0 Å². The molecule has 4 heterocycles. The lowest BCUT2D eigenvalue weighted by molar-refractivity contribution is -0.0455. The van der Waals surface area contributed by atoms with Crippen LogP contribution in [0.25, 0.3) is 11.2 Å². The lowest BCUT2D eigenvalue weighted by Gasteiger charge is -2.32. The van der Waals surface area contributed by atoms with Gasteiger partial charge in [-0.25, -0.2) is 4.98 Å². The van der Waals surface area contributed by atoms with Crippen LogP contribution in [-0.2, 0) is 4.74 Å². The van der Waals surface area contributed by atoms with Crippen LogP contribution < -0.4 is 16.4 Å². The number of aliphatic hydroxyl groups is 2. The largest absolute Gasteiger partial charge is 0.394 e. The molecule has 4 rings (SSSR count). The molecule has 2 saturated heterocycles. The third kappa shape index (κ3) is 2.07. The second-order valence-electron chi connectivity index (χ2n) is 6.59. The summed E-state index contributed by atoms with van der Waals surface area (Å²) >= 11 is 0. The van der Waals surface area contributed by atoms with Crippen molar-refractivity contribution in [3.8, 4) is 0 Å². The van der Waals surface area contributed by atoms with E-state index in [4.69, 9.17) is 16.2 Å². The van der Waals surface area contributed by atoms with E-state index in [1.807, 2.05) is 0 Å². The Balaban J connectivity index is 1.82. The van der Waals surface area contributed by atoms with Gasteiger partial charge < -0.3 is 31.3 Å². The van der Waals surface area contributed by atoms with Crippen molar-refractivity contribution in [3.63, 3.8) is 0 Å². The van der Waals surface area contributed by atoms with Crippen LogP contribution >= 0.6 is 0 Å². The van der Waals surface area contributed by atoms with Gasteiger partial charge in [0.2, 0.25) is 5.95 Å². The van der Waals surface area contributed by atoms with Crippen molar-refractivity contribution in [1.29, 1.82) is 0 Å². The number of imidazole rings is 1. The zero-order valence-corrected chi connectivity index (χ0v) is 13.3. The molecule has 10 heteroatoms. The third-order valence-corrected chi connectivity index (χ3v) is 4.83. The van der Waals surface area contributed by atoms with Crippen LogP contribution in [0.5, 0.6) is 0 Å². The summed E-state index contributed by atoms with van der Waals surface area (Å²) in [4.78, 5) is 15.1. The minimum Gasteiger partial charge on any atom is -0.394 e. The number of aliphatic hydroxyl groups excluding tert-OH is 2. The molecule has 6 N–H and O–H groups in total. The molecule has 4 atom stereocenters. The molecule has 1 unspecified atom stereocenters. The number of nitrogens with two attached hydrogens (primary N) is 2. The van der Waals surface area contributed by atoms with Gasteiger partial charge in [-0.05, 0) is 13.3 Å². The molecule has 0 bridgehead atoms. The van der Waals surface area contributed by atoms with E-state index in [0.717, 1.165) is 19.5 Å². The molecule has 0 amide bonds. The Labute approximate surface area is 138 Å². The minimum absolute atomic E-state index is 0.141. The topological polar surface area (TPSA) is 149 Å². The Kier molecular flexibility index (Phi) is 3.39. The number of rotatable bonds is 3. The number of fused-ring (bicyclic) bond motifs is 1. The van der Waals surface area contributed by atoms with Crippen LogP contribution in [0.3, 0.4) is 0 Å². The van der Waals surface area contributed by atoms with Crippen LogP contribution in [0.2, 0.25) is 0 Å². The number of nitrogen functional groups attached to an aromatic ring is 1. The van der Waals surface area contributed by atoms with Gasteiger partial charge in [0.15, 0.2) is 23.2 Å². The first-order valence-corrected chi connectivity index (χ1v) is 7.91. The molecule has 2 aliphatic rings. The third-order valence-electron chi connectivity index (χ3n) is 4.83. The summed E-state index contributed by atoms with van der Waals surface area (Å²) in [5.41, 5.74) is 12.1. The number of nitrogens with zero attached hydrogens (tertiary/aromatic N) is 5. The SMILES string of the molecule is C[C@@]1(N)C(O)[C@@H](CO)O[C@H]1n1cnc2c(N3CCC3)nc(N)nc21. The molecule has 0 saturated carbocycles. The molecule has 130 valence electrons. The predicted molar refractivity (Wildman–Crippen MR) is 86.2 cm³/mol. The zero-order chi connectivity index (χ0) is 17.1. The Hall–Kier alpha value is -2.01. The van der Waals surface area contributed by atoms with E-state index < -0.39 is 24.0 Å². The van der Waals surface area contributed by atoms with Gasteiger partial charge in [0, 0.05) is 13.1 Å². The molecule has 2 aliphatic heterocycles. The highest BCUT2D eigenvalue weighted by Crippen LogP contribution is 2.38. The van der Waals surface area contributed by atoms with E-state index in [2.05, 4.69) is 19.9 Å². The van der Waals surface area contributed by atoms with Crippen LogP contribution in [0.15, 0.2) is 6.33 Å². The van der Waals surface area contributed by atoms with E-state index in [9.17, 15) is 10.2 Å². The van der Waals surface area contributed by atoms with Crippen LogP contribution in [0, 0.1) is 0 Å². The van der Waals surface area contributed by atoms with Gasteiger partial charge in [0.25, 0.3) is 0 Å². The van der Waals surface area contributed by atoms with Crippen molar-refractivity contribution in [3.05, 3.63) is 6.33 Å². The maximum Gasteiger partial charge on any atom is 0.224 e. The Bertz CT molecular complexity index is 773. The Morgan fingerprint density at radius 3 is 2.75 bits per heavy atom. The Morgan fingerprint density at radius 1 is 1.42 bits per heavy atom. The summed E-state index contributed by atoms with van der Waals surface area (Å²) in [6.07, 6.45) is 0.150. The highest BCUT2D eigenvalue weighted by molar-refractivity contribution is 5.85. The summed E-state index contributed by atoms with van der Waals surface area (Å²) in [6, 6.07) is 0. The number of hydrogen-bond acceptors (Lipinski definition) is 9. The van der Waals surface area contributed by atoms with E-state index in [1.165, 1.54) is 0 Å². The highest BCUT2D eigenvalue weighted by Gasteiger charge is 2.51. The van der Waals surface area contributed by atoms with Gasteiger partial charge in [-0.2, -0.15) is 9.97 Å². The molecule has 0 radical (unpaired) electrons. The fraction of sp³-hybridized carbons (Fsp3) is 0.643. The van der Waals surface area contributed by atoms with Gasteiger partial charge in [0.05, 0.1) is 18.5 Å². The highest BCUT2D eigenvalue weighted by atomic mass is 16.5. The van der Waals surface area contributed by atoms with Crippen LogP contribution in [0.4, 0.5) is 11.8 Å². The second-order valence-corrected chi connectivity index (χ2v) is 6.59. The van der Waals surface area contributed by atoms with Crippen molar-refractivity contribution in [2.75, 3.05) is 30.3 Å². The molecule has 2 fully saturated rings. The second kappa shape index (κ2) is 5.24. The first kappa shape index (κ1) is 15.5. The number of aromatic nitrogens is 4. The van der Waals surface area contributed by atoms with Crippen LogP contribution in [-0.4, -0.2) is 67.2 Å². The van der Waals surface area contributed by atoms with Crippen molar-refractivity contribution in [2.45, 2.75) is 37.3 Å². The average Bonchev–Trinajstić information content (AvgIpc) is 2.98. The average molecular weight is 335 g/mol. The molecule has 0 spiro atoms. The fourth-order valence-corrected chi connectivity index (χ4v) is 3.28. The normalized spacial score (nSPS) is 33.2. The smallest absolute Gasteiger partial charge is 0.224 e. The van der Waals surface area contributed by atoms with E-state index in [1.54, 1.807) is 17.8 Å². The van der Waals surface area contributed by atoms with Gasteiger partial charge in [-0.3, -0.25) is 4.57 Å².